The van der Waals surface area contributed by atoms with Gasteiger partial charge in [-0.3, -0.25) is 4.79 Å². The number of aromatic nitrogens is 2. The van der Waals surface area contributed by atoms with Gasteiger partial charge in [0.15, 0.2) is 0 Å². The minimum absolute atomic E-state index is 0.152. The van der Waals surface area contributed by atoms with Crippen LogP contribution in [0.5, 0.6) is 5.75 Å². The van der Waals surface area contributed by atoms with Crippen molar-refractivity contribution in [3.05, 3.63) is 83.2 Å². The zero-order valence-corrected chi connectivity index (χ0v) is 12.7. The van der Waals surface area contributed by atoms with Gasteiger partial charge in [0.25, 0.3) is 5.56 Å². The Labute approximate surface area is 138 Å². The molecule has 0 atom stereocenters. The molecule has 0 saturated heterocycles. The molecule has 1 heterocycles. The van der Waals surface area contributed by atoms with Crippen molar-refractivity contribution < 1.29 is 5.11 Å². The second-order valence-corrected chi connectivity index (χ2v) is 5.53. The van der Waals surface area contributed by atoms with Gasteiger partial charge in [0.2, 0.25) is 0 Å². The third-order valence-electron chi connectivity index (χ3n) is 3.99. The average Bonchev–Trinajstić information content (AvgIpc) is 2.62. The van der Waals surface area contributed by atoms with E-state index in [1.54, 1.807) is 18.2 Å². The number of hydrogen-bond acceptors (Lipinski definition) is 3. The first-order chi connectivity index (χ1) is 11.7. The van der Waals surface area contributed by atoms with Crippen LogP contribution in [0.4, 0.5) is 0 Å². The summed E-state index contributed by atoms with van der Waals surface area (Å²) in [4.78, 5) is 19.5. The van der Waals surface area contributed by atoms with Crippen molar-refractivity contribution in [1.29, 1.82) is 0 Å². The van der Waals surface area contributed by atoms with Crippen LogP contribution in [0.3, 0.4) is 0 Å². The Balaban J connectivity index is 1.78. The number of aromatic hydroxyl groups is 1. The molecule has 0 bridgehead atoms. The number of rotatable bonds is 2. The number of fused-ring (bicyclic) bond motifs is 1. The van der Waals surface area contributed by atoms with E-state index in [9.17, 15) is 9.90 Å². The fourth-order valence-electron chi connectivity index (χ4n) is 2.75. The first-order valence-corrected chi connectivity index (χ1v) is 7.60. The third-order valence-corrected chi connectivity index (χ3v) is 3.99. The summed E-state index contributed by atoms with van der Waals surface area (Å²) in [5.41, 5.74) is 3.00. The summed E-state index contributed by atoms with van der Waals surface area (Å²) in [7, 11) is 0. The van der Waals surface area contributed by atoms with Crippen molar-refractivity contribution in [2.75, 3.05) is 0 Å². The molecule has 4 aromatic rings. The van der Waals surface area contributed by atoms with Gasteiger partial charge in [0.05, 0.1) is 10.9 Å². The second kappa shape index (κ2) is 5.66. The van der Waals surface area contributed by atoms with Gasteiger partial charge in [-0.05, 0) is 23.8 Å². The molecule has 0 saturated carbocycles. The average molecular weight is 314 g/mol. The van der Waals surface area contributed by atoms with Gasteiger partial charge in [-0.1, -0.05) is 54.6 Å². The van der Waals surface area contributed by atoms with E-state index >= 15 is 0 Å². The van der Waals surface area contributed by atoms with E-state index in [4.69, 9.17) is 0 Å². The molecule has 2 N–H and O–H groups in total. The summed E-state index contributed by atoms with van der Waals surface area (Å²) in [6, 6.07) is 22.0. The summed E-state index contributed by atoms with van der Waals surface area (Å²) in [5, 5.41) is 10.5. The number of phenols is 1. The highest BCUT2D eigenvalue weighted by Gasteiger charge is 2.07. The Morgan fingerprint density at radius 2 is 1.46 bits per heavy atom. The van der Waals surface area contributed by atoms with Gasteiger partial charge < -0.3 is 10.1 Å². The molecule has 4 rings (SSSR count). The molecular weight excluding hydrogens is 300 g/mol. The van der Waals surface area contributed by atoms with Gasteiger partial charge >= 0.3 is 0 Å². The molecule has 0 spiro atoms. The quantitative estimate of drug-likeness (QED) is 0.588. The predicted octanol–water partition coefficient (Wildman–Crippen LogP) is 3.96. The fraction of sp³-hybridized carbons (Fsp3) is 0. The third kappa shape index (κ3) is 2.44. The summed E-state index contributed by atoms with van der Waals surface area (Å²) in [6.07, 6.45) is 0. The minimum Gasteiger partial charge on any atom is -0.507 e. The molecule has 4 heteroatoms. The van der Waals surface area contributed by atoms with Crippen molar-refractivity contribution in [3.8, 4) is 28.3 Å². The van der Waals surface area contributed by atoms with Crippen LogP contribution in [0.2, 0.25) is 0 Å². The van der Waals surface area contributed by atoms with E-state index in [-0.39, 0.29) is 11.3 Å². The lowest BCUT2D eigenvalue weighted by atomic mass is 10.0. The van der Waals surface area contributed by atoms with Gasteiger partial charge in [0, 0.05) is 11.1 Å². The van der Waals surface area contributed by atoms with Crippen LogP contribution >= 0.6 is 0 Å². The summed E-state index contributed by atoms with van der Waals surface area (Å²) < 4.78 is 0. The largest absolute Gasteiger partial charge is 0.507 e. The van der Waals surface area contributed by atoms with E-state index in [1.807, 2.05) is 54.6 Å². The van der Waals surface area contributed by atoms with Crippen molar-refractivity contribution >= 4 is 10.9 Å². The molecule has 4 nitrogen and oxygen atoms in total. The minimum atomic E-state index is -0.152. The highest BCUT2D eigenvalue weighted by atomic mass is 16.3. The number of nitrogens with zero attached hydrogens (tertiary/aromatic N) is 1. The summed E-state index contributed by atoms with van der Waals surface area (Å²) in [6.45, 7) is 0. The van der Waals surface area contributed by atoms with Crippen LogP contribution in [0.1, 0.15) is 0 Å². The van der Waals surface area contributed by atoms with E-state index in [0.29, 0.717) is 16.7 Å². The zero-order chi connectivity index (χ0) is 16.5. The van der Waals surface area contributed by atoms with Crippen LogP contribution in [-0.2, 0) is 0 Å². The number of hydrogen-bond donors (Lipinski definition) is 2. The second-order valence-electron chi connectivity index (χ2n) is 5.53. The van der Waals surface area contributed by atoms with Crippen LogP contribution in [-0.4, -0.2) is 15.1 Å². The SMILES string of the molecule is O=c1[nH]c(-c2ccc(-c3ccccc3O)cc2)nc2ccccc12. The van der Waals surface area contributed by atoms with Gasteiger partial charge in [0.1, 0.15) is 11.6 Å². The van der Waals surface area contributed by atoms with Crippen molar-refractivity contribution in [1.82, 2.24) is 9.97 Å². The Morgan fingerprint density at radius 1 is 0.792 bits per heavy atom. The maximum absolute atomic E-state index is 12.2. The van der Waals surface area contributed by atoms with Gasteiger partial charge in [-0.15, -0.1) is 0 Å². The number of phenolic OH excluding ortho intramolecular Hbond substituents is 1. The normalized spacial score (nSPS) is 10.8. The Bertz CT molecular complexity index is 1080. The molecule has 0 unspecified atom stereocenters. The highest BCUT2D eigenvalue weighted by molar-refractivity contribution is 5.79. The molecule has 0 aliphatic carbocycles. The molecular formula is C20H14N2O2. The lowest BCUT2D eigenvalue weighted by molar-refractivity contribution is 0.477. The Kier molecular flexibility index (Phi) is 3.35. The monoisotopic (exact) mass is 314 g/mol. The molecule has 0 fully saturated rings. The molecule has 0 amide bonds. The van der Waals surface area contributed by atoms with Crippen LogP contribution in [0.15, 0.2) is 77.6 Å². The first kappa shape index (κ1) is 14.2. The predicted molar refractivity (Wildman–Crippen MR) is 94.9 cm³/mol. The van der Waals surface area contributed by atoms with E-state index in [2.05, 4.69) is 9.97 Å². The van der Waals surface area contributed by atoms with Crippen molar-refractivity contribution in [2.45, 2.75) is 0 Å². The van der Waals surface area contributed by atoms with E-state index < -0.39 is 0 Å². The zero-order valence-electron chi connectivity index (χ0n) is 12.7. The van der Waals surface area contributed by atoms with Crippen molar-refractivity contribution in [3.63, 3.8) is 0 Å². The fourth-order valence-corrected chi connectivity index (χ4v) is 2.75. The maximum Gasteiger partial charge on any atom is 0.259 e. The number of para-hydroxylation sites is 2. The summed E-state index contributed by atoms with van der Waals surface area (Å²) in [5.74, 6) is 0.769. The standard InChI is InChI=1S/C20H14N2O2/c23-18-8-4-2-5-15(18)13-9-11-14(12-10-13)19-21-17-7-3-1-6-16(17)20(24)22-19/h1-12,23H,(H,21,22,24). The van der Waals surface area contributed by atoms with Crippen molar-refractivity contribution in [2.24, 2.45) is 0 Å². The maximum atomic E-state index is 12.2. The number of nitrogens with one attached hydrogen (secondary N) is 1. The molecule has 24 heavy (non-hydrogen) atoms. The lowest BCUT2D eigenvalue weighted by Crippen LogP contribution is -2.09. The highest BCUT2D eigenvalue weighted by Crippen LogP contribution is 2.29. The number of benzene rings is 3. The first-order valence-electron chi connectivity index (χ1n) is 7.60. The Morgan fingerprint density at radius 3 is 2.25 bits per heavy atom. The van der Waals surface area contributed by atoms with Crippen LogP contribution in [0.25, 0.3) is 33.4 Å². The van der Waals surface area contributed by atoms with E-state index in [0.717, 1.165) is 16.7 Å². The lowest BCUT2D eigenvalue weighted by Gasteiger charge is -2.07. The van der Waals surface area contributed by atoms with Gasteiger partial charge in [-0.2, -0.15) is 0 Å². The van der Waals surface area contributed by atoms with E-state index in [1.165, 1.54) is 0 Å². The molecule has 0 radical (unpaired) electrons. The topological polar surface area (TPSA) is 66.0 Å². The molecule has 116 valence electrons. The number of aromatic amines is 1. The molecule has 0 aliphatic heterocycles. The molecule has 0 aliphatic rings. The Hall–Kier alpha value is -3.40. The smallest absolute Gasteiger partial charge is 0.259 e. The number of H-pyrrole nitrogens is 1. The van der Waals surface area contributed by atoms with Gasteiger partial charge in [-0.25, -0.2) is 4.98 Å². The van der Waals surface area contributed by atoms with Crippen LogP contribution in [0, 0.1) is 0 Å². The van der Waals surface area contributed by atoms with Crippen LogP contribution < -0.4 is 5.56 Å². The molecule has 1 aromatic heterocycles. The molecule has 3 aromatic carbocycles. The summed E-state index contributed by atoms with van der Waals surface area (Å²) >= 11 is 0.